The van der Waals surface area contributed by atoms with Gasteiger partial charge in [-0.15, -0.1) is 0 Å². The Morgan fingerprint density at radius 3 is 2.41 bits per heavy atom. The molecule has 8 nitrogen and oxygen atoms in total. The van der Waals surface area contributed by atoms with E-state index in [1.54, 1.807) is 16.4 Å². The number of benzene rings is 3. The molecular formula is C29H34FN5O3S. The van der Waals surface area contributed by atoms with Crippen LogP contribution in [0.1, 0.15) is 28.3 Å². The lowest BCUT2D eigenvalue weighted by Gasteiger charge is -2.43. The van der Waals surface area contributed by atoms with E-state index < -0.39 is 10.2 Å². The minimum absolute atomic E-state index is 0.201. The molecule has 2 aliphatic heterocycles. The second-order valence-electron chi connectivity index (χ2n) is 9.92. The van der Waals surface area contributed by atoms with E-state index in [4.69, 9.17) is 10.1 Å². The Bertz CT molecular complexity index is 1400. The van der Waals surface area contributed by atoms with Gasteiger partial charge in [-0.3, -0.25) is 4.90 Å². The number of halogens is 1. The molecule has 2 heterocycles. The van der Waals surface area contributed by atoms with Crippen LogP contribution in [0.3, 0.4) is 0 Å². The third-order valence-electron chi connectivity index (χ3n) is 7.38. The third kappa shape index (κ3) is 6.21. The summed E-state index contributed by atoms with van der Waals surface area (Å²) in [4.78, 5) is 2.32. The fraction of sp³-hybridized carbons (Fsp3) is 0.345. The van der Waals surface area contributed by atoms with Gasteiger partial charge in [0.05, 0.1) is 13.2 Å². The lowest BCUT2D eigenvalue weighted by molar-refractivity contribution is 0.0642. The summed E-state index contributed by atoms with van der Waals surface area (Å²) in [6.07, 6.45) is 1.29. The lowest BCUT2D eigenvalue weighted by Crippen LogP contribution is -2.55. The predicted molar refractivity (Wildman–Crippen MR) is 151 cm³/mol. The number of anilines is 2. The highest BCUT2D eigenvalue weighted by molar-refractivity contribution is 7.86. The normalized spacial score (nSPS) is 19.6. The molecule has 2 fully saturated rings. The van der Waals surface area contributed by atoms with Gasteiger partial charge >= 0.3 is 0 Å². The second kappa shape index (κ2) is 11.9. The number of nitrogens with zero attached hydrogens (tertiary/aromatic N) is 3. The van der Waals surface area contributed by atoms with Crippen molar-refractivity contribution >= 4 is 27.8 Å². The molecule has 2 N–H and O–H groups in total. The van der Waals surface area contributed by atoms with Crippen LogP contribution in [-0.4, -0.2) is 74.1 Å². The Hall–Kier alpha value is -3.15. The van der Waals surface area contributed by atoms with E-state index in [2.05, 4.69) is 22.3 Å². The standard InChI is InChI=1S/C29H34FN5O3S/c1-22-17-28(32-26-9-7-25(30)8-10-26)24(19-31)18-27(22)29-21-35(39(36,37)34-13-15-38-16-14-34)12-11-33(29)20-23-5-3-2-4-6-23/h2-10,17-19,29,31-32H,11-16,20-21H2,1H3/t29-/m0/s1. The first-order valence-corrected chi connectivity index (χ1v) is 14.5. The Morgan fingerprint density at radius 2 is 1.72 bits per heavy atom. The summed E-state index contributed by atoms with van der Waals surface area (Å²) in [6.45, 7) is 5.52. The molecule has 3 aromatic carbocycles. The Kier molecular flexibility index (Phi) is 8.39. The molecule has 0 radical (unpaired) electrons. The van der Waals surface area contributed by atoms with Crippen molar-refractivity contribution in [1.29, 1.82) is 5.41 Å². The average Bonchev–Trinajstić information content (AvgIpc) is 2.96. The molecular weight excluding hydrogens is 517 g/mol. The molecule has 0 aromatic heterocycles. The monoisotopic (exact) mass is 551 g/mol. The molecule has 206 valence electrons. The molecule has 5 rings (SSSR count). The number of hydrogen-bond acceptors (Lipinski definition) is 6. The average molecular weight is 552 g/mol. The molecule has 39 heavy (non-hydrogen) atoms. The molecule has 0 aliphatic carbocycles. The van der Waals surface area contributed by atoms with Crippen LogP contribution in [0.5, 0.6) is 0 Å². The maximum Gasteiger partial charge on any atom is 0.282 e. The van der Waals surface area contributed by atoms with Crippen LogP contribution in [0.25, 0.3) is 0 Å². The van der Waals surface area contributed by atoms with Crippen molar-refractivity contribution in [2.45, 2.75) is 19.5 Å². The molecule has 0 bridgehead atoms. The van der Waals surface area contributed by atoms with Crippen LogP contribution in [0.2, 0.25) is 0 Å². The first kappa shape index (κ1) is 27.4. The third-order valence-corrected chi connectivity index (χ3v) is 9.38. The fourth-order valence-electron chi connectivity index (χ4n) is 5.27. The van der Waals surface area contributed by atoms with Crippen molar-refractivity contribution in [3.63, 3.8) is 0 Å². The van der Waals surface area contributed by atoms with Crippen molar-refractivity contribution in [3.8, 4) is 0 Å². The van der Waals surface area contributed by atoms with Gasteiger partial charge in [0.25, 0.3) is 10.2 Å². The van der Waals surface area contributed by atoms with E-state index in [-0.39, 0.29) is 11.9 Å². The zero-order valence-corrected chi connectivity index (χ0v) is 22.8. The molecule has 2 saturated heterocycles. The van der Waals surface area contributed by atoms with Crippen molar-refractivity contribution in [3.05, 3.63) is 94.8 Å². The van der Waals surface area contributed by atoms with Crippen LogP contribution in [-0.2, 0) is 21.5 Å². The summed E-state index contributed by atoms with van der Waals surface area (Å²) < 4.78 is 49.0. The molecule has 1 atom stereocenters. The summed E-state index contributed by atoms with van der Waals surface area (Å²) in [5.74, 6) is -0.313. The largest absolute Gasteiger partial charge is 0.379 e. The smallest absolute Gasteiger partial charge is 0.282 e. The van der Waals surface area contributed by atoms with Gasteiger partial charge in [0, 0.05) is 68.5 Å². The van der Waals surface area contributed by atoms with E-state index in [0.717, 1.165) is 28.1 Å². The summed E-state index contributed by atoms with van der Waals surface area (Å²) in [6, 6.07) is 20.0. The van der Waals surface area contributed by atoms with Crippen LogP contribution in [0.4, 0.5) is 15.8 Å². The zero-order valence-electron chi connectivity index (χ0n) is 22.0. The van der Waals surface area contributed by atoms with Gasteiger partial charge in [0.2, 0.25) is 0 Å². The summed E-state index contributed by atoms with van der Waals surface area (Å²) in [5, 5.41) is 11.4. The quantitative estimate of drug-likeness (QED) is 0.408. The van der Waals surface area contributed by atoms with E-state index in [1.165, 1.54) is 22.7 Å². The van der Waals surface area contributed by atoms with E-state index in [9.17, 15) is 12.8 Å². The number of piperazine rings is 1. The van der Waals surface area contributed by atoms with Gasteiger partial charge in [0.15, 0.2) is 0 Å². The molecule has 10 heteroatoms. The highest BCUT2D eigenvalue weighted by atomic mass is 32.2. The molecule has 0 amide bonds. The van der Waals surface area contributed by atoms with Gasteiger partial charge in [0.1, 0.15) is 5.82 Å². The molecule has 2 aliphatic rings. The fourth-order valence-corrected chi connectivity index (χ4v) is 6.84. The summed E-state index contributed by atoms with van der Waals surface area (Å²) in [7, 11) is -3.63. The number of morpholine rings is 1. The van der Waals surface area contributed by atoms with Crippen molar-refractivity contribution in [2.24, 2.45) is 0 Å². The van der Waals surface area contributed by atoms with Crippen molar-refractivity contribution < 1.29 is 17.5 Å². The van der Waals surface area contributed by atoms with Gasteiger partial charge in [-0.25, -0.2) is 4.39 Å². The number of hydrogen-bond donors (Lipinski definition) is 2. The highest BCUT2D eigenvalue weighted by Crippen LogP contribution is 2.34. The molecule has 0 unspecified atom stereocenters. The molecule has 0 spiro atoms. The van der Waals surface area contributed by atoms with E-state index >= 15 is 0 Å². The maximum absolute atomic E-state index is 13.6. The number of nitrogens with one attached hydrogen (secondary N) is 2. The Balaban J connectivity index is 1.48. The van der Waals surface area contributed by atoms with E-state index in [0.29, 0.717) is 58.0 Å². The predicted octanol–water partition coefficient (Wildman–Crippen LogP) is 4.31. The number of ether oxygens (including phenoxy) is 1. The lowest BCUT2D eigenvalue weighted by atomic mass is 9.94. The van der Waals surface area contributed by atoms with E-state index in [1.807, 2.05) is 37.3 Å². The Labute approximate surface area is 229 Å². The van der Waals surface area contributed by atoms with Crippen LogP contribution >= 0.6 is 0 Å². The van der Waals surface area contributed by atoms with Crippen LogP contribution in [0, 0.1) is 18.2 Å². The number of aryl methyl sites for hydroxylation is 1. The molecule has 0 saturated carbocycles. The highest BCUT2D eigenvalue weighted by Gasteiger charge is 2.38. The topological polar surface area (TPSA) is 89.0 Å². The first-order chi connectivity index (χ1) is 18.8. The van der Waals surface area contributed by atoms with Crippen molar-refractivity contribution in [2.75, 3.05) is 51.3 Å². The van der Waals surface area contributed by atoms with Crippen molar-refractivity contribution in [1.82, 2.24) is 13.5 Å². The van der Waals surface area contributed by atoms with Gasteiger partial charge in [-0.05, 0) is 60.0 Å². The second-order valence-corrected chi connectivity index (χ2v) is 11.8. The zero-order chi connectivity index (χ0) is 27.4. The van der Waals surface area contributed by atoms with Crippen LogP contribution in [0.15, 0.2) is 66.7 Å². The summed E-state index contributed by atoms with van der Waals surface area (Å²) >= 11 is 0. The van der Waals surface area contributed by atoms with Gasteiger partial charge in [-0.2, -0.15) is 17.0 Å². The van der Waals surface area contributed by atoms with Gasteiger partial charge < -0.3 is 15.5 Å². The summed E-state index contributed by atoms with van der Waals surface area (Å²) in [5.41, 5.74) is 5.26. The Morgan fingerprint density at radius 1 is 1.00 bits per heavy atom. The van der Waals surface area contributed by atoms with Gasteiger partial charge in [-0.1, -0.05) is 30.3 Å². The maximum atomic E-state index is 13.6. The SMILES string of the molecule is Cc1cc(Nc2ccc(F)cc2)c(C=N)cc1[C@@H]1CN(S(=O)(=O)N2CCOCC2)CCN1Cc1ccccc1. The first-order valence-electron chi connectivity index (χ1n) is 13.1. The minimum atomic E-state index is -3.63. The minimum Gasteiger partial charge on any atom is -0.379 e. The molecule has 3 aromatic rings. The number of rotatable bonds is 8. The van der Waals surface area contributed by atoms with Crippen LogP contribution < -0.4 is 5.32 Å².